The number of carbonyl (C=O) groups is 1. The van der Waals surface area contributed by atoms with Crippen LogP contribution in [-0.2, 0) is 11.3 Å². The zero-order valence-electron chi connectivity index (χ0n) is 17.8. The van der Waals surface area contributed by atoms with Crippen LogP contribution in [0.4, 0.5) is 20.2 Å². The Kier molecular flexibility index (Phi) is 6.64. The summed E-state index contributed by atoms with van der Waals surface area (Å²) in [5.41, 5.74) is -0.404. The molecule has 0 bridgehead atoms. The van der Waals surface area contributed by atoms with Crippen molar-refractivity contribution < 1.29 is 28.0 Å². The highest BCUT2D eigenvalue weighted by molar-refractivity contribution is 6.32. The highest BCUT2D eigenvalue weighted by Crippen LogP contribution is 2.45. The maximum atomic E-state index is 13.2. The second kappa shape index (κ2) is 9.64. The highest BCUT2D eigenvalue weighted by atomic mass is 35.5. The van der Waals surface area contributed by atoms with Crippen molar-refractivity contribution in [3.05, 3.63) is 69.0 Å². The fraction of sp³-hybridized carbons (Fsp3) is 0.273. The molecule has 1 heterocycles. The van der Waals surface area contributed by atoms with Gasteiger partial charge in [0.25, 0.3) is 12.1 Å². The van der Waals surface area contributed by atoms with Gasteiger partial charge in [0.1, 0.15) is 18.0 Å². The van der Waals surface area contributed by atoms with Crippen molar-refractivity contribution >= 4 is 28.9 Å². The number of hydrogen-bond donors (Lipinski definition) is 1. The molecule has 12 heteroatoms. The van der Waals surface area contributed by atoms with Gasteiger partial charge >= 0.3 is 0 Å². The molecule has 9 nitrogen and oxygen atoms in total. The van der Waals surface area contributed by atoms with Crippen LogP contribution < -0.4 is 14.8 Å². The standard InChI is InChI=1S/C22H19ClF2N4O5/c1-33-16-4-2-3-5-17(16)34-15-9-13(8-14(10-15)29(31)32)26-18(30)11-28-21(12-6-7-12)19(23)20(27-28)22(24)25/h2-5,8-10,12,22H,6-7,11H2,1H3,(H,26,30). The monoisotopic (exact) mass is 492 g/mol. The van der Waals surface area contributed by atoms with E-state index in [0.29, 0.717) is 17.2 Å². The lowest BCUT2D eigenvalue weighted by Gasteiger charge is -2.12. The van der Waals surface area contributed by atoms with Crippen LogP contribution in [0.1, 0.15) is 36.6 Å². The predicted octanol–water partition coefficient (Wildman–Crippen LogP) is 5.70. The van der Waals surface area contributed by atoms with Gasteiger partial charge in [0.05, 0.1) is 34.5 Å². The van der Waals surface area contributed by atoms with Crippen molar-refractivity contribution in [2.75, 3.05) is 12.4 Å². The maximum absolute atomic E-state index is 13.2. The van der Waals surface area contributed by atoms with Gasteiger partial charge in [-0.1, -0.05) is 23.7 Å². The Morgan fingerprint density at radius 1 is 1.29 bits per heavy atom. The minimum Gasteiger partial charge on any atom is -0.493 e. The summed E-state index contributed by atoms with van der Waals surface area (Å²) in [7, 11) is 1.46. The van der Waals surface area contributed by atoms with Gasteiger partial charge in [-0.25, -0.2) is 8.78 Å². The number of carbonyl (C=O) groups excluding carboxylic acids is 1. The molecule has 178 valence electrons. The van der Waals surface area contributed by atoms with Crippen molar-refractivity contribution in [2.24, 2.45) is 0 Å². The normalized spacial score (nSPS) is 13.1. The molecule has 1 fully saturated rings. The minimum absolute atomic E-state index is 0.0287. The molecular weight excluding hydrogens is 474 g/mol. The van der Waals surface area contributed by atoms with Crippen LogP contribution in [-0.4, -0.2) is 27.7 Å². The first-order valence-corrected chi connectivity index (χ1v) is 10.6. The molecule has 1 saturated carbocycles. The van der Waals surface area contributed by atoms with Crippen LogP contribution in [0.3, 0.4) is 0 Å². The first-order valence-electron chi connectivity index (χ1n) is 10.2. The molecule has 0 radical (unpaired) electrons. The Labute approximate surface area is 197 Å². The van der Waals surface area contributed by atoms with Gasteiger partial charge in [-0.3, -0.25) is 19.6 Å². The summed E-state index contributed by atoms with van der Waals surface area (Å²) in [5.74, 6) is 0.180. The molecule has 1 aliphatic carbocycles. The van der Waals surface area contributed by atoms with E-state index >= 15 is 0 Å². The second-order valence-electron chi connectivity index (χ2n) is 7.59. The lowest BCUT2D eigenvalue weighted by molar-refractivity contribution is -0.384. The van der Waals surface area contributed by atoms with Gasteiger partial charge < -0.3 is 14.8 Å². The second-order valence-corrected chi connectivity index (χ2v) is 7.97. The van der Waals surface area contributed by atoms with Crippen LogP contribution in [0.5, 0.6) is 17.2 Å². The lowest BCUT2D eigenvalue weighted by Crippen LogP contribution is -2.21. The molecule has 1 amide bonds. The van der Waals surface area contributed by atoms with Crippen LogP contribution >= 0.6 is 11.6 Å². The fourth-order valence-corrected chi connectivity index (χ4v) is 3.84. The minimum atomic E-state index is -2.87. The molecule has 34 heavy (non-hydrogen) atoms. The number of non-ortho nitro benzene ring substituents is 1. The number of hydrogen-bond acceptors (Lipinski definition) is 6. The molecule has 4 rings (SSSR count). The van der Waals surface area contributed by atoms with Crippen molar-refractivity contribution in [1.82, 2.24) is 9.78 Å². The quantitative estimate of drug-likeness (QED) is 0.303. The van der Waals surface area contributed by atoms with Crippen LogP contribution in [0, 0.1) is 10.1 Å². The van der Waals surface area contributed by atoms with Gasteiger partial charge in [0.2, 0.25) is 5.91 Å². The van der Waals surface area contributed by atoms with E-state index in [2.05, 4.69) is 10.4 Å². The number of benzene rings is 2. The number of ether oxygens (including phenoxy) is 2. The van der Waals surface area contributed by atoms with E-state index in [4.69, 9.17) is 21.1 Å². The van der Waals surface area contributed by atoms with E-state index in [-0.39, 0.29) is 34.6 Å². The molecule has 1 aromatic heterocycles. The van der Waals surface area contributed by atoms with Gasteiger partial charge in [-0.15, -0.1) is 0 Å². The van der Waals surface area contributed by atoms with Crippen LogP contribution in [0.25, 0.3) is 0 Å². The summed E-state index contributed by atoms with van der Waals surface area (Å²) in [5, 5.41) is 17.6. The van der Waals surface area contributed by atoms with E-state index in [1.807, 2.05) is 0 Å². The Balaban J connectivity index is 1.57. The third-order valence-electron chi connectivity index (χ3n) is 5.10. The summed E-state index contributed by atoms with van der Waals surface area (Å²) in [6.07, 6.45) is -1.34. The van der Waals surface area contributed by atoms with Gasteiger partial charge in [-0.2, -0.15) is 5.10 Å². The molecule has 1 aliphatic rings. The number of nitro groups is 1. The number of aromatic nitrogens is 2. The Hall–Kier alpha value is -3.73. The Morgan fingerprint density at radius 2 is 2.00 bits per heavy atom. The average molecular weight is 493 g/mol. The first-order chi connectivity index (χ1) is 16.3. The van der Waals surface area contributed by atoms with E-state index < -0.39 is 22.9 Å². The number of nitrogens with zero attached hydrogens (tertiary/aromatic N) is 3. The number of halogens is 3. The number of methoxy groups -OCH3 is 1. The topological polar surface area (TPSA) is 109 Å². The predicted molar refractivity (Wildman–Crippen MR) is 119 cm³/mol. The van der Waals surface area contributed by atoms with E-state index in [0.717, 1.165) is 18.9 Å². The van der Waals surface area contributed by atoms with Gasteiger partial charge in [-0.05, 0) is 25.0 Å². The fourth-order valence-electron chi connectivity index (χ4n) is 3.47. The summed E-state index contributed by atoms with van der Waals surface area (Å²) in [4.78, 5) is 23.5. The highest BCUT2D eigenvalue weighted by Gasteiger charge is 2.34. The Morgan fingerprint density at radius 3 is 2.62 bits per heavy atom. The largest absolute Gasteiger partial charge is 0.493 e. The molecule has 3 aromatic rings. The number of nitro benzene ring substituents is 1. The van der Waals surface area contributed by atoms with Crippen LogP contribution in [0.2, 0.25) is 5.02 Å². The first kappa shape index (κ1) is 23.4. The zero-order chi connectivity index (χ0) is 24.4. The van der Waals surface area contributed by atoms with Gasteiger partial charge in [0, 0.05) is 18.1 Å². The average Bonchev–Trinajstić information content (AvgIpc) is 3.57. The van der Waals surface area contributed by atoms with E-state index in [9.17, 15) is 23.7 Å². The summed E-state index contributed by atoms with van der Waals surface area (Å²) in [6, 6.07) is 10.5. The number of nitrogens with one attached hydrogen (secondary N) is 1. The number of anilines is 1. The number of para-hydroxylation sites is 2. The molecular formula is C22H19ClF2N4O5. The van der Waals surface area contributed by atoms with Crippen molar-refractivity contribution in [2.45, 2.75) is 31.7 Å². The van der Waals surface area contributed by atoms with Crippen molar-refractivity contribution in [1.29, 1.82) is 0 Å². The van der Waals surface area contributed by atoms with Crippen LogP contribution in [0.15, 0.2) is 42.5 Å². The number of amides is 1. The summed E-state index contributed by atoms with van der Waals surface area (Å²) in [6.45, 7) is -0.385. The lowest BCUT2D eigenvalue weighted by atomic mass is 10.2. The molecule has 0 unspecified atom stereocenters. The third kappa shape index (κ3) is 5.09. The van der Waals surface area contributed by atoms with E-state index in [1.165, 1.54) is 23.9 Å². The molecule has 0 saturated heterocycles. The molecule has 0 aliphatic heterocycles. The third-order valence-corrected chi connectivity index (χ3v) is 5.49. The van der Waals surface area contributed by atoms with Crippen molar-refractivity contribution in [3.8, 4) is 17.2 Å². The molecule has 0 atom stereocenters. The summed E-state index contributed by atoms with van der Waals surface area (Å²) >= 11 is 6.08. The number of rotatable bonds is 9. The SMILES string of the molecule is COc1ccccc1Oc1cc(NC(=O)Cn2nc(C(F)F)c(Cl)c2C2CC2)cc([N+](=O)[O-])c1. The summed E-state index contributed by atoms with van der Waals surface area (Å²) < 4.78 is 38.6. The van der Waals surface area contributed by atoms with Gasteiger partial charge in [0.15, 0.2) is 11.5 Å². The van der Waals surface area contributed by atoms with Crippen molar-refractivity contribution in [3.63, 3.8) is 0 Å². The molecule has 2 aromatic carbocycles. The molecule has 1 N–H and O–H groups in total. The zero-order valence-corrected chi connectivity index (χ0v) is 18.6. The van der Waals surface area contributed by atoms with E-state index in [1.54, 1.807) is 24.3 Å². The number of alkyl halides is 2. The molecule has 0 spiro atoms. The smallest absolute Gasteiger partial charge is 0.283 e. The Bertz CT molecular complexity index is 1250. The maximum Gasteiger partial charge on any atom is 0.283 e.